The molecule has 1 aromatic rings. The number of nitrogens with two attached hydrogens (primary N) is 1. The van der Waals surface area contributed by atoms with Gasteiger partial charge in [-0.05, 0) is 49.6 Å². The molecule has 4 rings (SSSR count). The van der Waals surface area contributed by atoms with Crippen LogP contribution in [-0.4, -0.2) is 28.9 Å². The van der Waals surface area contributed by atoms with Crippen LogP contribution in [0.15, 0.2) is 0 Å². The van der Waals surface area contributed by atoms with E-state index in [4.69, 9.17) is 5.73 Å². The molecule has 6 heteroatoms. The van der Waals surface area contributed by atoms with Gasteiger partial charge in [0.2, 0.25) is 0 Å². The molecule has 3 N–H and O–H groups in total. The number of hydrogen-bond acceptors (Lipinski definition) is 5. The molecule has 2 saturated carbocycles. The molecule has 1 saturated heterocycles. The average molecular weight is 306 g/mol. The van der Waals surface area contributed by atoms with E-state index in [0.29, 0.717) is 23.5 Å². The van der Waals surface area contributed by atoms with Gasteiger partial charge in [0.1, 0.15) is 10.6 Å². The fourth-order valence-corrected chi connectivity index (χ4v) is 4.74. The van der Waals surface area contributed by atoms with Gasteiger partial charge in [-0.15, -0.1) is 0 Å². The van der Waals surface area contributed by atoms with E-state index in [9.17, 15) is 4.79 Å². The second-order valence-corrected chi connectivity index (χ2v) is 7.34. The number of carbonyl (C=O) groups excluding carboxylic acids is 1. The SMILES string of the molecule is Nc1nsc(N2CCC3CCCCC32)c1C(=O)NC1CC1. The number of amides is 1. The number of fused-ring (bicyclic) bond motifs is 1. The van der Waals surface area contributed by atoms with Gasteiger partial charge < -0.3 is 16.0 Å². The third-order valence-electron chi connectivity index (χ3n) is 5.11. The zero-order chi connectivity index (χ0) is 14.4. The molecule has 3 fully saturated rings. The molecular formula is C15H22N4OS. The summed E-state index contributed by atoms with van der Waals surface area (Å²) in [5.74, 6) is 1.16. The minimum atomic E-state index is -0.0296. The Kier molecular flexibility index (Phi) is 3.28. The molecule has 2 heterocycles. The first kappa shape index (κ1) is 13.4. The molecule has 5 nitrogen and oxygen atoms in total. The van der Waals surface area contributed by atoms with Gasteiger partial charge in [-0.1, -0.05) is 12.8 Å². The van der Waals surface area contributed by atoms with Crippen molar-refractivity contribution in [3.63, 3.8) is 0 Å². The van der Waals surface area contributed by atoms with Crippen LogP contribution in [0.1, 0.15) is 55.3 Å². The Morgan fingerprint density at radius 2 is 2.05 bits per heavy atom. The van der Waals surface area contributed by atoms with E-state index in [1.165, 1.54) is 43.6 Å². The molecule has 1 aromatic heterocycles. The van der Waals surface area contributed by atoms with Crippen molar-refractivity contribution in [1.29, 1.82) is 0 Å². The van der Waals surface area contributed by atoms with Crippen LogP contribution in [-0.2, 0) is 0 Å². The van der Waals surface area contributed by atoms with Crippen molar-refractivity contribution in [3.8, 4) is 0 Å². The summed E-state index contributed by atoms with van der Waals surface area (Å²) in [5, 5.41) is 4.05. The number of carbonyl (C=O) groups is 1. The summed E-state index contributed by atoms with van der Waals surface area (Å²) in [6.45, 7) is 1.04. The maximum atomic E-state index is 12.5. The number of anilines is 2. The molecule has 0 radical (unpaired) electrons. The number of aromatic nitrogens is 1. The lowest BCUT2D eigenvalue weighted by molar-refractivity contribution is 0.0952. The molecular weight excluding hydrogens is 284 g/mol. The maximum Gasteiger partial charge on any atom is 0.258 e. The van der Waals surface area contributed by atoms with Crippen LogP contribution < -0.4 is 16.0 Å². The van der Waals surface area contributed by atoms with Crippen molar-refractivity contribution in [2.24, 2.45) is 5.92 Å². The highest BCUT2D eigenvalue weighted by atomic mass is 32.1. The van der Waals surface area contributed by atoms with Gasteiger partial charge in [-0.3, -0.25) is 4.79 Å². The lowest BCUT2D eigenvalue weighted by Gasteiger charge is -2.32. The molecule has 1 aliphatic heterocycles. The molecule has 2 aliphatic carbocycles. The predicted molar refractivity (Wildman–Crippen MR) is 84.7 cm³/mol. The Labute approximate surface area is 129 Å². The first-order valence-corrected chi connectivity index (χ1v) is 8.84. The van der Waals surface area contributed by atoms with E-state index in [1.54, 1.807) is 0 Å². The van der Waals surface area contributed by atoms with Gasteiger partial charge >= 0.3 is 0 Å². The highest BCUT2D eigenvalue weighted by Crippen LogP contribution is 2.42. The molecule has 114 valence electrons. The quantitative estimate of drug-likeness (QED) is 0.899. The maximum absolute atomic E-state index is 12.5. The zero-order valence-corrected chi connectivity index (χ0v) is 13.0. The number of nitrogens with zero attached hydrogens (tertiary/aromatic N) is 2. The molecule has 1 amide bonds. The molecule has 0 spiro atoms. The van der Waals surface area contributed by atoms with Crippen molar-refractivity contribution < 1.29 is 4.79 Å². The molecule has 0 bridgehead atoms. The average Bonchev–Trinajstić information content (AvgIpc) is 3.06. The minimum absolute atomic E-state index is 0.0296. The van der Waals surface area contributed by atoms with Crippen LogP contribution in [0.3, 0.4) is 0 Å². The Morgan fingerprint density at radius 3 is 2.86 bits per heavy atom. The highest BCUT2D eigenvalue weighted by Gasteiger charge is 2.39. The first-order valence-electron chi connectivity index (χ1n) is 8.06. The second kappa shape index (κ2) is 5.16. The Bertz CT molecular complexity index is 554. The van der Waals surface area contributed by atoms with Crippen molar-refractivity contribution in [1.82, 2.24) is 9.69 Å². The van der Waals surface area contributed by atoms with E-state index in [-0.39, 0.29) is 5.91 Å². The summed E-state index contributed by atoms with van der Waals surface area (Å²) >= 11 is 1.40. The van der Waals surface area contributed by atoms with Gasteiger partial charge in [0.15, 0.2) is 5.82 Å². The number of hydrogen-bond donors (Lipinski definition) is 2. The molecule has 0 aromatic carbocycles. The van der Waals surface area contributed by atoms with Gasteiger partial charge in [0.25, 0.3) is 5.91 Å². The van der Waals surface area contributed by atoms with Gasteiger partial charge in [-0.25, -0.2) is 0 Å². The van der Waals surface area contributed by atoms with Crippen molar-refractivity contribution in [2.75, 3.05) is 17.2 Å². The Morgan fingerprint density at radius 1 is 1.24 bits per heavy atom. The van der Waals surface area contributed by atoms with Crippen LogP contribution in [0.25, 0.3) is 0 Å². The zero-order valence-electron chi connectivity index (χ0n) is 12.2. The first-order chi connectivity index (χ1) is 10.2. The molecule has 2 atom stereocenters. The largest absolute Gasteiger partial charge is 0.382 e. The van der Waals surface area contributed by atoms with E-state index in [0.717, 1.165) is 30.3 Å². The standard InChI is InChI=1S/C15H22N4OS/c16-13-12(14(20)17-10-5-6-10)15(21-18-13)19-8-7-9-3-1-2-4-11(9)19/h9-11H,1-8H2,(H2,16,18)(H,17,20). The van der Waals surface area contributed by atoms with Crippen molar-refractivity contribution in [3.05, 3.63) is 5.56 Å². The Hall–Kier alpha value is -1.30. The number of nitrogen functional groups attached to an aromatic ring is 1. The molecule has 2 unspecified atom stereocenters. The normalized spacial score (nSPS) is 28.5. The minimum Gasteiger partial charge on any atom is -0.382 e. The van der Waals surface area contributed by atoms with E-state index in [1.807, 2.05) is 0 Å². The summed E-state index contributed by atoms with van der Waals surface area (Å²) in [5.41, 5.74) is 6.61. The van der Waals surface area contributed by atoms with E-state index in [2.05, 4.69) is 14.6 Å². The third-order valence-corrected chi connectivity index (χ3v) is 6.01. The molecule has 3 aliphatic rings. The summed E-state index contributed by atoms with van der Waals surface area (Å²) in [6.07, 6.45) is 8.65. The number of rotatable bonds is 3. The predicted octanol–water partition coefficient (Wildman–Crippen LogP) is 2.39. The fraction of sp³-hybridized carbons (Fsp3) is 0.733. The van der Waals surface area contributed by atoms with Crippen molar-refractivity contribution in [2.45, 2.75) is 57.0 Å². The monoisotopic (exact) mass is 306 g/mol. The highest BCUT2D eigenvalue weighted by molar-refractivity contribution is 7.11. The van der Waals surface area contributed by atoms with E-state index < -0.39 is 0 Å². The van der Waals surface area contributed by atoms with Crippen LogP contribution in [0.5, 0.6) is 0 Å². The van der Waals surface area contributed by atoms with E-state index >= 15 is 0 Å². The fourth-order valence-electron chi connectivity index (χ4n) is 3.85. The van der Waals surface area contributed by atoms with Crippen LogP contribution in [0.4, 0.5) is 10.8 Å². The summed E-state index contributed by atoms with van der Waals surface area (Å²) in [6, 6.07) is 0.941. The van der Waals surface area contributed by atoms with Crippen LogP contribution in [0, 0.1) is 5.92 Å². The topological polar surface area (TPSA) is 71.2 Å². The number of nitrogens with one attached hydrogen (secondary N) is 1. The summed E-state index contributed by atoms with van der Waals surface area (Å²) in [7, 11) is 0. The third kappa shape index (κ3) is 2.39. The molecule has 21 heavy (non-hydrogen) atoms. The lowest BCUT2D eigenvalue weighted by Crippen LogP contribution is -2.36. The second-order valence-electron chi connectivity index (χ2n) is 6.59. The smallest absolute Gasteiger partial charge is 0.258 e. The van der Waals surface area contributed by atoms with Gasteiger partial charge in [0, 0.05) is 18.6 Å². The van der Waals surface area contributed by atoms with Crippen LogP contribution >= 0.6 is 11.5 Å². The summed E-state index contributed by atoms with van der Waals surface area (Å²) < 4.78 is 4.26. The van der Waals surface area contributed by atoms with Gasteiger partial charge in [0.05, 0.1) is 0 Å². The van der Waals surface area contributed by atoms with Gasteiger partial charge in [-0.2, -0.15) is 4.37 Å². The summed E-state index contributed by atoms with van der Waals surface area (Å²) in [4.78, 5) is 14.9. The lowest BCUT2D eigenvalue weighted by atomic mass is 9.85. The van der Waals surface area contributed by atoms with Crippen LogP contribution in [0.2, 0.25) is 0 Å². The Balaban J connectivity index is 1.61. The van der Waals surface area contributed by atoms with Crippen molar-refractivity contribution >= 4 is 28.3 Å².